The average molecular weight is 322 g/mol. The molecule has 1 heterocycles. The lowest BCUT2D eigenvalue weighted by atomic mass is 10.0. The number of hydrogen-bond acceptors (Lipinski definition) is 3. The molecule has 0 saturated heterocycles. The van der Waals surface area contributed by atoms with E-state index in [1.807, 2.05) is 24.3 Å². The van der Waals surface area contributed by atoms with E-state index in [2.05, 4.69) is 28.5 Å². The third-order valence-corrected chi connectivity index (χ3v) is 5.40. The van der Waals surface area contributed by atoms with Crippen LogP contribution in [-0.4, -0.2) is 10.9 Å². The van der Waals surface area contributed by atoms with Crippen molar-refractivity contribution < 1.29 is 4.79 Å². The Hall–Kier alpha value is -2.20. The van der Waals surface area contributed by atoms with Gasteiger partial charge in [-0.25, -0.2) is 4.98 Å². The molecular weight excluding hydrogens is 304 g/mol. The standard InChI is InChI=1S/C19H18N2OS/c22-18(21-19-20-16-10-3-4-11-17(16)23-19)12-14-8-5-7-13-6-1-2-9-15(13)14/h1-2,5-9H,3-4,10-12H2,(H,20,21,22). The molecule has 2 aromatic carbocycles. The fourth-order valence-corrected chi connectivity index (χ4v) is 4.25. The van der Waals surface area contributed by atoms with Gasteiger partial charge in [-0.05, 0) is 42.0 Å². The van der Waals surface area contributed by atoms with Gasteiger partial charge in [-0.3, -0.25) is 4.79 Å². The Morgan fingerprint density at radius 3 is 2.83 bits per heavy atom. The molecule has 1 amide bonds. The molecule has 0 spiro atoms. The summed E-state index contributed by atoms with van der Waals surface area (Å²) >= 11 is 1.63. The number of benzene rings is 2. The Bertz CT molecular complexity index is 840. The first-order valence-corrected chi connectivity index (χ1v) is 8.86. The Kier molecular flexibility index (Phi) is 3.83. The van der Waals surface area contributed by atoms with E-state index in [9.17, 15) is 4.79 Å². The summed E-state index contributed by atoms with van der Waals surface area (Å²) in [6.45, 7) is 0. The van der Waals surface area contributed by atoms with E-state index >= 15 is 0 Å². The summed E-state index contributed by atoms with van der Waals surface area (Å²) in [7, 11) is 0. The van der Waals surface area contributed by atoms with E-state index in [4.69, 9.17) is 0 Å². The molecule has 23 heavy (non-hydrogen) atoms. The Morgan fingerprint density at radius 1 is 1.09 bits per heavy atom. The van der Waals surface area contributed by atoms with Crippen LogP contribution in [0, 0.1) is 0 Å². The number of carbonyl (C=O) groups is 1. The minimum absolute atomic E-state index is 0.00690. The zero-order chi connectivity index (χ0) is 15.6. The van der Waals surface area contributed by atoms with Crippen LogP contribution in [0.5, 0.6) is 0 Å². The molecule has 0 bridgehead atoms. The number of aromatic nitrogens is 1. The number of amides is 1. The lowest BCUT2D eigenvalue weighted by molar-refractivity contribution is -0.115. The van der Waals surface area contributed by atoms with Crippen LogP contribution in [0.15, 0.2) is 42.5 Å². The molecule has 1 aromatic heterocycles. The molecular formula is C19H18N2OS. The molecule has 3 nitrogen and oxygen atoms in total. The van der Waals surface area contributed by atoms with Gasteiger partial charge < -0.3 is 5.32 Å². The van der Waals surface area contributed by atoms with Gasteiger partial charge in [-0.1, -0.05) is 42.5 Å². The van der Waals surface area contributed by atoms with Gasteiger partial charge in [0.05, 0.1) is 12.1 Å². The van der Waals surface area contributed by atoms with Crippen LogP contribution in [0.4, 0.5) is 5.13 Å². The fraction of sp³-hybridized carbons (Fsp3) is 0.263. The molecule has 0 fully saturated rings. The molecule has 0 radical (unpaired) electrons. The predicted molar refractivity (Wildman–Crippen MR) is 95.0 cm³/mol. The summed E-state index contributed by atoms with van der Waals surface area (Å²) in [5.41, 5.74) is 2.24. The molecule has 1 aliphatic rings. The second kappa shape index (κ2) is 6.13. The number of nitrogens with one attached hydrogen (secondary N) is 1. The molecule has 0 atom stereocenters. The Labute approximate surface area is 139 Å². The topological polar surface area (TPSA) is 42.0 Å². The van der Waals surface area contributed by atoms with Crippen LogP contribution >= 0.6 is 11.3 Å². The lowest BCUT2D eigenvalue weighted by Crippen LogP contribution is -2.14. The SMILES string of the molecule is O=C(Cc1cccc2ccccc12)Nc1nc2c(s1)CCCC2. The normalized spacial score (nSPS) is 13.7. The first kappa shape index (κ1) is 14.4. The maximum Gasteiger partial charge on any atom is 0.230 e. The quantitative estimate of drug-likeness (QED) is 0.778. The zero-order valence-corrected chi connectivity index (χ0v) is 13.7. The summed E-state index contributed by atoms with van der Waals surface area (Å²) in [5, 5.41) is 6.04. The molecule has 0 aliphatic heterocycles. The second-order valence-electron chi connectivity index (χ2n) is 5.96. The van der Waals surface area contributed by atoms with Gasteiger partial charge in [0.1, 0.15) is 0 Å². The molecule has 0 saturated carbocycles. The number of rotatable bonds is 3. The van der Waals surface area contributed by atoms with Crippen molar-refractivity contribution in [3.05, 3.63) is 58.6 Å². The average Bonchev–Trinajstić information content (AvgIpc) is 2.97. The summed E-state index contributed by atoms with van der Waals surface area (Å²) < 4.78 is 0. The third kappa shape index (κ3) is 2.99. The molecule has 1 aliphatic carbocycles. The first-order valence-electron chi connectivity index (χ1n) is 8.05. The lowest BCUT2D eigenvalue weighted by Gasteiger charge is -2.06. The highest BCUT2D eigenvalue weighted by atomic mass is 32.1. The molecule has 1 N–H and O–H groups in total. The molecule has 3 aromatic rings. The van der Waals surface area contributed by atoms with Gasteiger partial charge in [0.2, 0.25) is 5.91 Å². The second-order valence-corrected chi connectivity index (χ2v) is 7.04. The monoisotopic (exact) mass is 322 g/mol. The number of carbonyl (C=O) groups excluding carboxylic acids is 1. The van der Waals surface area contributed by atoms with Crippen LogP contribution in [0.2, 0.25) is 0 Å². The molecule has 0 unspecified atom stereocenters. The number of nitrogens with zero attached hydrogens (tertiary/aromatic N) is 1. The van der Waals surface area contributed by atoms with Crippen LogP contribution < -0.4 is 5.32 Å². The number of hydrogen-bond donors (Lipinski definition) is 1. The van der Waals surface area contributed by atoms with Crippen molar-refractivity contribution in [3.8, 4) is 0 Å². The highest BCUT2D eigenvalue weighted by molar-refractivity contribution is 7.15. The van der Waals surface area contributed by atoms with Crippen LogP contribution in [0.1, 0.15) is 29.0 Å². The Balaban J connectivity index is 1.52. The number of fused-ring (bicyclic) bond motifs is 2. The highest BCUT2D eigenvalue weighted by Gasteiger charge is 2.16. The van der Waals surface area contributed by atoms with Gasteiger partial charge in [-0.2, -0.15) is 0 Å². The fourth-order valence-electron chi connectivity index (χ4n) is 3.19. The van der Waals surface area contributed by atoms with E-state index in [0.29, 0.717) is 6.42 Å². The first-order chi connectivity index (χ1) is 11.3. The number of thiazole rings is 1. The van der Waals surface area contributed by atoms with Crippen LogP contribution in [0.25, 0.3) is 10.8 Å². The van der Waals surface area contributed by atoms with Crippen LogP contribution in [-0.2, 0) is 24.1 Å². The predicted octanol–water partition coefficient (Wildman–Crippen LogP) is 4.36. The van der Waals surface area contributed by atoms with Crippen molar-refractivity contribution in [2.45, 2.75) is 32.1 Å². The van der Waals surface area contributed by atoms with Gasteiger partial charge in [0.15, 0.2) is 5.13 Å². The van der Waals surface area contributed by atoms with Gasteiger partial charge in [0.25, 0.3) is 0 Å². The minimum atomic E-state index is 0.00690. The summed E-state index contributed by atoms with van der Waals surface area (Å²) in [5.74, 6) is 0.00690. The van der Waals surface area contributed by atoms with E-state index in [0.717, 1.165) is 28.9 Å². The summed E-state index contributed by atoms with van der Waals surface area (Å²) in [4.78, 5) is 18.3. The molecule has 4 rings (SSSR count). The summed E-state index contributed by atoms with van der Waals surface area (Å²) in [6.07, 6.45) is 4.97. The van der Waals surface area contributed by atoms with Crippen LogP contribution in [0.3, 0.4) is 0 Å². The summed E-state index contributed by atoms with van der Waals surface area (Å²) in [6, 6.07) is 14.3. The highest BCUT2D eigenvalue weighted by Crippen LogP contribution is 2.29. The van der Waals surface area contributed by atoms with Gasteiger partial charge >= 0.3 is 0 Å². The number of aryl methyl sites for hydroxylation is 2. The minimum Gasteiger partial charge on any atom is -0.302 e. The maximum atomic E-state index is 12.4. The van der Waals surface area contributed by atoms with Crippen molar-refractivity contribution >= 4 is 33.1 Å². The smallest absolute Gasteiger partial charge is 0.230 e. The van der Waals surface area contributed by atoms with Crippen molar-refractivity contribution in [2.24, 2.45) is 0 Å². The van der Waals surface area contributed by atoms with Crippen molar-refractivity contribution in [2.75, 3.05) is 5.32 Å². The van der Waals surface area contributed by atoms with E-state index in [1.54, 1.807) is 11.3 Å². The number of anilines is 1. The van der Waals surface area contributed by atoms with E-state index < -0.39 is 0 Å². The largest absolute Gasteiger partial charge is 0.302 e. The van der Waals surface area contributed by atoms with E-state index in [1.165, 1.54) is 28.8 Å². The van der Waals surface area contributed by atoms with Gasteiger partial charge in [-0.15, -0.1) is 11.3 Å². The van der Waals surface area contributed by atoms with Crippen molar-refractivity contribution in [3.63, 3.8) is 0 Å². The van der Waals surface area contributed by atoms with Crippen molar-refractivity contribution in [1.29, 1.82) is 0 Å². The molecule has 116 valence electrons. The van der Waals surface area contributed by atoms with E-state index in [-0.39, 0.29) is 5.91 Å². The zero-order valence-electron chi connectivity index (χ0n) is 12.8. The van der Waals surface area contributed by atoms with Gasteiger partial charge in [0, 0.05) is 4.88 Å². The van der Waals surface area contributed by atoms with Crippen molar-refractivity contribution in [1.82, 2.24) is 4.98 Å². The molecule has 4 heteroatoms. The Morgan fingerprint density at radius 2 is 1.91 bits per heavy atom. The maximum absolute atomic E-state index is 12.4. The third-order valence-electron chi connectivity index (χ3n) is 4.32.